The van der Waals surface area contributed by atoms with Gasteiger partial charge in [0.05, 0.1) is 0 Å². The Morgan fingerprint density at radius 2 is 1.80 bits per heavy atom. The summed E-state index contributed by atoms with van der Waals surface area (Å²) in [6.07, 6.45) is 2.51. The molecule has 2 unspecified atom stereocenters. The van der Waals surface area contributed by atoms with Crippen LogP contribution in [-0.2, 0) is 0 Å². The van der Waals surface area contributed by atoms with E-state index in [2.05, 4.69) is 68.6 Å². The minimum absolute atomic E-state index is 0.593. The third-order valence-electron chi connectivity index (χ3n) is 3.53. The highest BCUT2D eigenvalue weighted by atomic mass is 32.2. The lowest BCUT2D eigenvalue weighted by molar-refractivity contribution is 0.511. The molecule has 0 spiro atoms. The fraction of sp³-hybridized carbons (Fsp3) is 0.444. The first-order valence-electron chi connectivity index (χ1n) is 7.58. The van der Waals surface area contributed by atoms with Crippen LogP contribution in [0.2, 0.25) is 0 Å². The summed E-state index contributed by atoms with van der Waals surface area (Å²) in [6.45, 7) is 7.88. The van der Waals surface area contributed by atoms with Gasteiger partial charge in [-0.1, -0.05) is 50.6 Å². The lowest BCUT2D eigenvalue weighted by atomic mass is 10.1. The van der Waals surface area contributed by atoms with Gasteiger partial charge >= 0.3 is 0 Å². The predicted octanol–water partition coefficient (Wildman–Crippen LogP) is 5.10. The van der Waals surface area contributed by atoms with Gasteiger partial charge in [0.25, 0.3) is 0 Å². The van der Waals surface area contributed by atoms with Crippen molar-refractivity contribution in [3.05, 3.63) is 42.5 Å². The van der Waals surface area contributed by atoms with Crippen LogP contribution >= 0.6 is 11.8 Å². The molecule has 0 aliphatic heterocycles. The Hall–Kier alpha value is -0.990. The van der Waals surface area contributed by atoms with Crippen LogP contribution in [0.15, 0.2) is 47.4 Å². The zero-order chi connectivity index (χ0) is 14.4. The maximum Gasteiger partial charge on any atom is 0.0191 e. The van der Waals surface area contributed by atoms with E-state index in [0.29, 0.717) is 11.3 Å². The number of nitrogens with one attached hydrogen (secondary N) is 1. The zero-order valence-corrected chi connectivity index (χ0v) is 13.5. The summed E-state index contributed by atoms with van der Waals surface area (Å²) in [5.74, 6) is 0. The smallest absolute Gasteiger partial charge is 0.0191 e. The van der Waals surface area contributed by atoms with Crippen molar-refractivity contribution in [1.29, 1.82) is 0 Å². The highest BCUT2D eigenvalue weighted by Gasteiger charge is 2.07. The maximum absolute atomic E-state index is 3.62. The molecule has 2 aromatic carbocycles. The lowest BCUT2D eigenvalue weighted by Gasteiger charge is -2.17. The first-order valence-corrected chi connectivity index (χ1v) is 8.46. The monoisotopic (exact) mass is 287 g/mol. The van der Waals surface area contributed by atoms with Gasteiger partial charge in [-0.2, -0.15) is 0 Å². The molecule has 2 heteroatoms. The van der Waals surface area contributed by atoms with Crippen molar-refractivity contribution < 1.29 is 0 Å². The van der Waals surface area contributed by atoms with E-state index < -0.39 is 0 Å². The molecule has 1 nitrogen and oxygen atoms in total. The summed E-state index contributed by atoms with van der Waals surface area (Å²) in [5.41, 5.74) is 0. The molecule has 20 heavy (non-hydrogen) atoms. The van der Waals surface area contributed by atoms with E-state index in [1.54, 1.807) is 0 Å². The lowest BCUT2D eigenvalue weighted by Crippen LogP contribution is -2.31. The van der Waals surface area contributed by atoms with Crippen molar-refractivity contribution in [2.75, 3.05) is 6.54 Å². The van der Waals surface area contributed by atoms with Gasteiger partial charge in [0.2, 0.25) is 0 Å². The molecule has 2 aromatic rings. The van der Waals surface area contributed by atoms with Crippen LogP contribution in [0.4, 0.5) is 0 Å². The number of hydrogen-bond acceptors (Lipinski definition) is 2. The molecule has 0 fully saturated rings. The number of hydrogen-bond donors (Lipinski definition) is 1. The first-order chi connectivity index (χ1) is 9.69. The molecule has 0 heterocycles. The number of thioether (sulfide) groups is 1. The van der Waals surface area contributed by atoms with Crippen LogP contribution in [0.3, 0.4) is 0 Å². The Kier molecular flexibility index (Phi) is 5.93. The summed E-state index contributed by atoms with van der Waals surface area (Å²) >= 11 is 1.96. The van der Waals surface area contributed by atoms with Crippen molar-refractivity contribution in [2.45, 2.75) is 49.8 Å². The SMILES string of the molecule is CCCC(C)NCC(C)Sc1ccc2ccccc2c1. The van der Waals surface area contributed by atoms with Gasteiger partial charge in [-0.05, 0) is 36.2 Å². The maximum atomic E-state index is 3.62. The Morgan fingerprint density at radius 3 is 2.55 bits per heavy atom. The Morgan fingerprint density at radius 1 is 1.05 bits per heavy atom. The van der Waals surface area contributed by atoms with E-state index in [9.17, 15) is 0 Å². The minimum atomic E-state index is 0.593. The molecule has 108 valence electrons. The quantitative estimate of drug-likeness (QED) is 0.711. The number of benzene rings is 2. The third kappa shape index (κ3) is 4.53. The van der Waals surface area contributed by atoms with Crippen molar-refractivity contribution in [3.8, 4) is 0 Å². The molecule has 0 amide bonds. The van der Waals surface area contributed by atoms with Crippen molar-refractivity contribution in [1.82, 2.24) is 5.32 Å². The van der Waals surface area contributed by atoms with Gasteiger partial charge in [-0.15, -0.1) is 11.8 Å². The van der Waals surface area contributed by atoms with Crippen molar-refractivity contribution >= 4 is 22.5 Å². The fourth-order valence-electron chi connectivity index (χ4n) is 2.42. The average molecular weight is 287 g/mol. The molecule has 0 saturated carbocycles. The number of rotatable bonds is 7. The molecule has 0 aromatic heterocycles. The molecule has 0 aliphatic carbocycles. The summed E-state index contributed by atoms with van der Waals surface area (Å²) < 4.78 is 0. The van der Waals surface area contributed by atoms with Gasteiger partial charge in [0, 0.05) is 22.7 Å². The average Bonchev–Trinajstić information content (AvgIpc) is 2.45. The predicted molar refractivity (Wildman–Crippen MR) is 91.6 cm³/mol. The first kappa shape index (κ1) is 15.4. The molecular weight excluding hydrogens is 262 g/mol. The summed E-state index contributed by atoms with van der Waals surface area (Å²) in [5, 5.41) is 6.86. The molecule has 0 bridgehead atoms. The van der Waals surface area contributed by atoms with Crippen LogP contribution in [0, 0.1) is 0 Å². The van der Waals surface area contributed by atoms with E-state index in [0.717, 1.165) is 6.54 Å². The molecule has 1 N–H and O–H groups in total. The molecule has 0 radical (unpaired) electrons. The van der Waals surface area contributed by atoms with Crippen molar-refractivity contribution in [2.24, 2.45) is 0 Å². The highest BCUT2D eigenvalue weighted by molar-refractivity contribution is 8.00. The van der Waals surface area contributed by atoms with Gasteiger partial charge in [-0.25, -0.2) is 0 Å². The van der Waals surface area contributed by atoms with Crippen LogP contribution in [0.1, 0.15) is 33.6 Å². The van der Waals surface area contributed by atoms with E-state index in [1.165, 1.54) is 28.5 Å². The van der Waals surface area contributed by atoms with Gasteiger partial charge in [0.15, 0.2) is 0 Å². The topological polar surface area (TPSA) is 12.0 Å². The van der Waals surface area contributed by atoms with Crippen molar-refractivity contribution in [3.63, 3.8) is 0 Å². The minimum Gasteiger partial charge on any atom is -0.313 e. The van der Waals surface area contributed by atoms with E-state index in [-0.39, 0.29) is 0 Å². The molecule has 0 aliphatic rings. The zero-order valence-electron chi connectivity index (χ0n) is 12.7. The standard InChI is InChI=1S/C18H25NS/c1-4-7-14(2)19-13-15(3)20-18-11-10-16-8-5-6-9-17(16)12-18/h5-6,8-12,14-15,19H,4,7,13H2,1-3H3. The second-order valence-corrected chi connectivity index (χ2v) is 7.05. The molecule has 2 rings (SSSR count). The van der Waals surface area contributed by atoms with Gasteiger partial charge in [-0.3, -0.25) is 0 Å². The largest absolute Gasteiger partial charge is 0.313 e. The van der Waals surface area contributed by atoms with E-state index in [1.807, 2.05) is 11.8 Å². The Bertz CT molecular complexity index is 538. The number of fused-ring (bicyclic) bond motifs is 1. The van der Waals surface area contributed by atoms with Crippen LogP contribution in [-0.4, -0.2) is 17.8 Å². The van der Waals surface area contributed by atoms with Gasteiger partial charge < -0.3 is 5.32 Å². The Balaban J connectivity index is 1.90. The third-order valence-corrected chi connectivity index (χ3v) is 4.63. The molecular formula is C18H25NS. The summed E-state index contributed by atoms with van der Waals surface area (Å²) in [6, 6.07) is 15.9. The second kappa shape index (κ2) is 7.70. The van der Waals surface area contributed by atoms with Crippen LogP contribution in [0.25, 0.3) is 10.8 Å². The van der Waals surface area contributed by atoms with Gasteiger partial charge in [0.1, 0.15) is 0 Å². The molecule has 2 atom stereocenters. The fourth-order valence-corrected chi connectivity index (χ4v) is 3.40. The highest BCUT2D eigenvalue weighted by Crippen LogP contribution is 2.26. The van der Waals surface area contributed by atoms with Crippen LogP contribution in [0.5, 0.6) is 0 Å². The van der Waals surface area contributed by atoms with Crippen LogP contribution < -0.4 is 5.32 Å². The Labute approximate surface area is 127 Å². The normalized spacial score (nSPS) is 14.3. The summed E-state index contributed by atoms with van der Waals surface area (Å²) in [7, 11) is 0. The summed E-state index contributed by atoms with van der Waals surface area (Å²) in [4.78, 5) is 1.36. The second-order valence-electron chi connectivity index (χ2n) is 5.54. The van der Waals surface area contributed by atoms with E-state index in [4.69, 9.17) is 0 Å². The molecule has 0 saturated heterocycles. The van der Waals surface area contributed by atoms with E-state index >= 15 is 0 Å².